The van der Waals surface area contributed by atoms with Crippen molar-refractivity contribution in [2.45, 2.75) is 12.5 Å². The molecule has 0 radical (unpaired) electrons. The lowest BCUT2D eigenvalue weighted by molar-refractivity contribution is 0.0606. The van der Waals surface area contributed by atoms with Gasteiger partial charge in [-0.2, -0.15) is 0 Å². The number of imide groups is 1. The van der Waals surface area contributed by atoms with Gasteiger partial charge in [0.15, 0.2) is 0 Å². The minimum absolute atomic E-state index is 0.152. The van der Waals surface area contributed by atoms with E-state index >= 15 is 0 Å². The summed E-state index contributed by atoms with van der Waals surface area (Å²) in [5.74, 6) is -0.250. The third kappa shape index (κ3) is 3.04. The number of hydrogen-bond donors (Lipinski definition) is 0. The molecule has 4 rings (SSSR count). The maximum absolute atomic E-state index is 12.7. The molecule has 1 aliphatic heterocycles. The molecule has 0 saturated heterocycles. The third-order valence-corrected chi connectivity index (χ3v) is 4.81. The summed E-state index contributed by atoms with van der Waals surface area (Å²) in [4.78, 5) is 26.9. The molecule has 2 amide bonds. The van der Waals surface area contributed by atoms with Crippen LogP contribution in [0.3, 0.4) is 0 Å². The second-order valence-corrected chi connectivity index (χ2v) is 6.53. The molecule has 0 unspecified atom stereocenters. The quantitative estimate of drug-likeness (QED) is 0.771. The van der Waals surface area contributed by atoms with Crippen molar-refractivity contribution in [2.24, 2.45) is 5.92 Å². The molecule has 0 saturated carbocycles. The van der Waals surface area contributed by atoms with E-state index < -0.39 is 0 Å². The van der Waals surface area contributed by atoms with Crippen LogP contribution in [-0.2, 0) is 0 Å². The van der Waals surface area contributed by atoms with Crippen LogP contribution in [0.4, 0.5) is 0 Å². The van der Waals surface area contributed by atoms with Crippen LogP contribution in [0.15, 0.2) is 85.0 Å². The number of allylic oxidation sites excluding steroid dienone is 4. The van der Waals surface area contributed by atoms with Gasteiger partial charge in [-0.05, 0) is 30.0 Å². The molecule has 2 aromatic rings. The van der Waals surface area contributed by atoms with Crippen LogP contribution in [-0.4, -0.2) is 22.8 Å². The molecular formula is C23H19NO2. The fraction of sp³-hybridized carbons (Fsp3) is 0.130. The number of rotatable bonds is 3. The Morgan fingerprint density at radius 3 is 2.12 bits per heavy atom. The zero-order chi connectivity index (χ0) is 17.9. The van der Waals surface area contributed by atoms with E-state index in [4.69, 9.17) is 0 Å². The molecule has 0 fully saturated rings. The maximum atomic E-state index is 12.7. The number of hydrogen-bond acceptors (Lipinski definition) is 2. The van der Waals surface area contributed by atoms with Gasteiger partial charge in [0.2, 0.25) is 0 Å². The lowest BCUT2D eigenvalue weighted by atomic mass is 9.98. The van der Waals surface area contributed by atoms with Crippen LogP contribution >= 0.6 is 0 Å². The molecule has 3 nitrogen and oxygen atoms in total. The van der Waals surface area contributed by atoms with Crippen molar-refractivity contribution in [3.63, 3.8) is 0 Å². The van der Waals surface area contributed by atoms with Crippen LogP contribution in [0, 0.1) is 5.92 Å². The predicted octanol–water partition coefficient (Wildman–Crippen LogP) is 4.50. The van der Waals surface area contributed by atoms with Crippen molar-refractivity contribution in [3.8, 4) is 0 Å². The van der Waals surface area contributed by atoms with E-state index in [-0.39, 0.29) is 23.8 Å². The number of nitrogens with zero attached hydrogens (tertiary/aromatic N) is 1. The van der Waals surface area contributed by atoms with Crippen LogP contribution in [0.2, 0.25) is 0 Å². The highest BCUT2D eigenvalue weighted by Gasteiger charge is 2.39. The zero-order valence-electron chi connectivity index (χ0n) is 14.3. The first kappa shape index (κ1) is 16.3. The Balaban J connectivity index is 1.55. The minimum atomic E-state index is -0.247. The van der Waals surface area contributed by atoms with E-state index in [0.717, 1.165) is 5.56 Å². The number of amides is 2. The fourth-order valence-corrected chi connectivity index (χ4v) is 3.48. The first-order chi connectivity index (χ1) is 12.7. The Morgan fingerprint density at radius 2 is 1.42 bits per heavy atom. The molecule has 0 N–H and O–H groups in total. The molecule has 2 aromatic carbocycles. The summed E-state index contributed by atoms with van der Waals surface area (Å²) in [6.07, 6.45) is 12.8. The summed E-state index contributed by atoms with van der Waals surface area (Å²) in [7, 11) is 0. The highest BCUT2D eigenvalue weighted by atomic mass is 16.2. The molecule has 0 aromatic heterocycles. The van der Waals surface area contributed by atoms with Gasteiger partial charge in [-0.1, -0.05) is 78.9 Å². The van der Waals surface area contributed by atoms with Gasteiger partial charge in [-0.25, -0.2) is 0 Å². The molecule has 1 aliphatic carbocycles. The summed E-state index contributed by atoms with van der Waals surface area (Å²) in [5, 5.41) is 0. The molecule has 0 spiro atoms. The molecule has 0 bridgehead atoms. The monoisotopic (exact) mass is 341 g/mol. The maximum Gasteiger partial charge on any atom is 0.262 e. The van der Waals surface area contributed by atoms with E-state index in [1.54, 1.807) is 24.3 Å². The summed E-state index contributed by atoms with van der Waals surface area (Å²) < 4.78 is 0. The van der Waals surface area contributed by atoms with Crippen molar-refractivity contribution in [1.29, 1.82) is 0 Å². The van der Waals surface area contributed by atoms with Crippen LogP contribution < -0.4 is 0 Å². The number of carbonyl (C=O) groups is 2. The van der Waals surface area contributed by atoms with Gasteiger partial charge in [0.25, 0.3) is 11.8 Å². The van der Waals surface area contributed by atoms with Gasteiger partial charge in [-0.3, -0.25) is 14.5 Å². The Labute approximate surface area is 153 Å². The normalized spacial score (nSPS) is 22.1. The molecule has 2 aliphatic rings. The highest BCUT2D eigenvalue weighted by molar-refractivity contribution is 6.21. The Morgan fingerprint density at radius 1 is 0.808 bits per heavy atom. The number of benzene rings is 2. The van der Waals surface area contributed by atoms with Crippen molar-refractivity contribution < 1.29 is 9.59 Å². The average Bonchev–Trinajstić information content (AvgIpc) is 2.82. The molecule has 1 heterocycles. The van der Waals surface area contributed by atoms with Gasteiger partial charge < -0.3 is 0 Å². The van der Waals surface area contributed by atoms with Gasteiger partial charge in [0.1, 0.15) is 0 Å². The Kier molecular flexibility index (Phi) is 4.36. The lowest BCUT2D eigenvalue weighted by Gasteiger charge is -2.24. The van der Waals surface area contributed by atoms with Crippen LogP contribution in [0.1, 0.15) is 32.7 Å². The van der Waals surface area contributed by atoms with E-state index in [1.165, 1.54) is 4.90 Å². The van der Waals surface area contributed by atoms with E-state index in [1.807, 2.05) is 36.4 Å². The second-order valence-electron chi connectivity index (χ2n) is 6.53. The van der Waals surface area contributed by atoms with Crippen molar-refractivity contribution in [3.05, 3.63) is 102 Å². The number of carbonyl (C=O) groups excluding carboxylic acids is 2. The standard InChI is InChI=1S/C23H19NO2/c25-22-20-12-6-7-13-21(20)23(26)24(22)19-11-5-4-10-18(16-19)15-14-17-8-2-1-3-9-17/h1-15,18-19H,16H2/b15-14+/t18-,19-/m0/s1. The fourth-order valence-electron chi connectivity index (χ4n) is 3.48. The largest absolute Gasteiger partial charge is 0.269 e. The van der Waals surface area contributed by atoms with Gasteiger partial charge in [0, 0.05) is 0 Å². The topological polar surface area (TPSA) is 37.4 Å². The summed E-state index contributed by atoms with van der Waals surface area (Å²) in [6.45, 7) is 0. The van der Waals surface area contributed by atoms with Crippen molar-refractivity contribution >= 4 is 17.9 Å². The van der Waals surface area contributed by atoms with Gasteiger partial charge in [-0.15, -0.1) is 0 Å². The molecular weight excluding hydrogens is 322 g/mol. The summed E-state index contributed by atoms with van der Waals surface area (Å²) in [6, 6.07) is 16.9. The minimum Gasteiger partial charge on any atom is -0.269 e. The summed E-state index contributed by atoms with van der Waals surface area (Å²) >= 11 is 0. The average molecular weight is 341 g/mol. The van der Waals surface area contributed by atoms with Crippen molar-refractivity contribution in [1.82, 2.24) is 4.90 Å². The molecule has 128 valence electrons. The van der Waals surface area contributed by atoms with E-state index in [0.29, 0.717) is 17.5 Å². The Bertz CT molecular complexity index is 889. The summed E-state index contributed by atoms with van der Waals surface area (Å²) in [5.41, 5.74) is 2.13. The van der Waals surface area contributed by atoms with E-state index in [9.17, 15) is 9.59 Å². The van der Waals surface area contributed by atoms with E-state index in [2.05, 4.69) is 30.4 Å². The van der Waals surface area contributed by atoms with Crippen LogP contribution in [0.25, 0.3) is 6.08 Å². The molecule has 26 heavy (non-hydrogen) atoms. The zero-order valence-corrected chi connectivity index (χ0v) is 14.3. The first-order valence-electron chi connectivity index (χ1n) is 8.79. The first-order valence-corrected chi connectivity index (χ1v) is 8.79. The highest BCUT2D eigenvalue weighted by Crippen LogP contribution is 2.29. The molecule has 3 heteroatoms. The molecule has 2 atom stereocenters. The SMILES string of the molecule is O=C1c2ccccc2C(=O)N1[C@H]1C=CC=C[C@@H](/C=C/c2ccccc2)C1. The third-order valence-electron chi connectivity index (χ3n) is 4.81. The lowest BCUT2D eigenvalue weighted by Crippen LogP contribution is -2.39. The van der Waals surface area contributed by atoms with Gasteiger partial charge >= 0.3 is 0 Å². The van der Waals surface area contributed by atoms with Gasteiger partial charge in [0.05, 0.1) is 17.2 Å². The van der Waals surface area contributed by atoms with Crippen LogP contribution in [0.5, 0.6) is 0 Å². The number of fused-ring (bicyclic) bond motifs is 1. The predicted molar refractivity (Wildman–Crippen MR) is 103 cm³/mol. The van der Waals surface area contributed by atoms with Crippen molar-refractivity contribution in [2.75, 3.05) is 0 Å². The Hall–Kier alpha value is -3.20. The second kappa shape index (κ2) is 6.96. The smallest absolute Gasteiger partial charge is 0.262 e.